The minimum Gasteiger partial charge on any atom is -0.264 e. The second-order valence-electron chi connectivity index (χ2n) is 4.01. The Balaban J connectivity index is 2.41. The normalized spacial score (nSPS) is 11.1. The lowest BCUT2D eigenvalue weighted by molar-refractivity contribution is 0.646. The SMILES string of the molecule is CC(C)Cc1cnc2ccncc2c1. The molecule has 0 spiro atoms. The van der Waals surface area contributed by atoms with Crippen LogP contribution in [0.15, 0.2) is 30.7 Å². The maximum atomic E-state index is 4.39. The molecule has 2 heteroatoms. The summed E-state index contributed by atoms with van der Waals surface area (Å²) in [6.07, 6.45) is 6.68. The minimum atomic E-state index is 0.672. The number of pyridine rings is 2. The highest BCUT2D eigenvalue weighted by Crippen LogP contribution is 2.13. The zero-order chi connectivity index (χ0) is 9.97. The van der Waals surface area contributed by atoms with Crippen LogP contribution in [0.4, 0.5) is 0 Å². The van der Waals surface area contributed by atoms with Gasteiger partial charge in [-0.25, -0.2) is 0 Å². The first kappa shape index (κ1) is 9.13. The molecule has 0 saturated carbocycles. The number of fused-ring (bicyclic) bond motifs is 1. The zero-order valence-electron chi connectivity index (χ0n) is 8.57. The van der Waals surface area contributed by atoms with Crippen LogP contribution < -0.4 is 0 Å². The van der Waals surface area contributed by atoms with Crippen molar-refractivity contribution in [3.63, 3.8) is 0 Å². The molecule has 14 heavy (non-hydrogen) atoms. The molecule has 2 aromatic heterocycles. The number of nitrogens with zero attached hydrogens (tertiary/aromatic N) is 2. The summed E-state index contributed by atoms with van der Waals surface area (Å²) in [5.41, 5.74) is 2.31. The van der Waals surface area contributed by atoms with Crippen molar-refractivity contribution in [2.45, 2.75) is 20.3 Å². The molecule has 72 valence electrons. The van der Waals surface area contributed by atoms with Crippen molar-refractivity contribution >= 4 is 10.9 Å². The van der Waals surface area contributed by atoms with Crippen LogP contribution in [0.2, 0.25) is 0 Å². The topological polar surface area (TPSA) is 25.8 Å². The second kappa shape index (κ2) is 3.74. The van der Waals surface area contributed by atoms with Crippen molar-refractivity contribution < 1.29 is 0 Å². The highest BCUT2D eigenvalue weighted by molar-refractivity contribution is 5.77. The highest BCUT2D eigenvalue weighted by Gasteiger charge is 2.00. The number of hydrogen-bond donors (Lipinski definition) is 0. The van der Waals surface area contributed by atoms with Crippen LogP contribution in [0.5, 0.6) is 0 Å². The molecule has 0 aromatic carbocycles. The molecule has 0 aliphatic carbocycles. The van der Waals surface area contributed by atoms with Crippen molar-refractivity contribution in [3.8, 4) is 0 Å². The lowest BCUT2D eigenvalue weighted by Crippen LogP contribution is -1.94. The molecule has 0 aliphatic rings. The predicted octanol–water partition coefficient (Wildman–Crippen LogP) is 2.83. The molecule has 2 aromatic rings. The van der Waals surface area contributed by atoms with Gasteiger partial charge in [0.25, 0.3) is 0 Å². The lowest BCUT2D eigenvalue weighted by Gasteiger charge is -2.05. The van der Waals surface area contributed by atoms with Gasteiger partial charge in [0.05, 0.1) is 5.52 Å². The molecule has 0 radical (unpaired) electrons. The van der Waals surface area contributed by atoms with Crippen LogP contribution >= 0.6 is 0 Å². The van der Waals surface area contributed by atoms with Gasteiger partial charge in [-0.3, -0.25) is 9.97 Å². The van der Waals surface area contributed by atoms with E-state index in [0.717, 1.165) is 17.3 Å². The van der Waals surface area contributed by atoms with Gasteiger partial charge in [0.15, 0.2) is 0 Å². The largest absolute Gasteiger partial charge is 0.264 e. The third kappa shape index (κ3) is 1.90. The Morgan fingerprint density at radius 3 is 2.93 bits per heavy atom. The summed E-state index contributed by atoms with van der Waals surface area (Å²) in [5.74, 6) is 0.672. The van der Waals surface area contributed by atoms with E-state index in [4.69, 9.17) is 0 Å². The highest BCUT2D eigenvalue weighted by atomic mass is 14.7. The van der Waals surface area contributed by atoms with Crippen LogP contribution in [0, 0.1) is 5.92 Å². The Kier molecular flexibility index (Phi) is 2.44. The fourth-order valence-electron chi connectivity index (χ4n) is 1.60. The maximum Gasteiger partial charge on any atom is 0.0732 e. The van der Waals surface area contributed by atoms with Gasteiger partial charge in [0, 0.05) is 24.0 Å². The number of rotatable bonds is 2. The molecular formula is C12H14N2. The molecule has 2 heterocycles. The summed E-state index contributed by atoms with van der Waals surface area (Å²) in [4.78, 5) is 8.49. The Morgan fingerprint density at radius 2 is 2.14 bits per heavy atom. The first-order chi connectivity index (χ1) is 6.75. The molecule has 0 saturated heterocycles. The van der Waals surface area contributed by atoms with Gasteiger partial charge < -0.3 is 0 Å². The number of aromatic nitrogens is 2. The summed E-state index contributed by atoms with van der Waals surface area (Å²) in [6.45, 7) is 4.43. The molecule has 0 N–H and O–H groups in total. The third-order valence-corrected chi connectivity index (χ3v) is 2.18. The zero-order valence-corrected chi connectivity index (χ0v) is 8.57. The molecule has 0 aliphatic heterocycles. The van der Waals surface area contributed by atoms with E-state index in [1.54, 1.807) is 6.20 Å². The van der Waals surface area contributed by atoms with Gasteiger partial charge in [0.1, 0.15) is 0 Å². The standard InChI is InChI=1S/C12H14N2/c1-9(2)5-10-6-11-8-13-4-3-12(11)14-7-10/h3-4,6-9H,5H2,1-2H3. The molecule has 0 atom stereocenters. The van der Waals surface area contributed by atoms with E-state index >= 15 is 0 Å². The first-order valence-electron chi connectivity index (χ1n) is 4.94. The van der Waals surface area contributed by atoms with Gasteiger partial charge in [0.2, 0.25) is 0 Å². The summed E-state index contributed by atoms with van der Waals surface area (Å²) in [7, 11) is 0. The Bertz CT molecular complexity index is 435. The first-order valence-corrected chi connectivity index (χ1v) is 4.94. The van der Waals surface area contributed by atoms with Crippen molar-refractivity contribution in [3.05, 3.63) is 36.3 Å². The van der Waals surface area contributed by atoms with Gasteiger partial charge in [-0.2, -0.15) is 0 Å². The van der Waals surface area contributed by atoms with Crippen LogP contribution in [-0.2, 0) is 6.42 Å². The van der Waals surface area contributed by atoms with E-state index in [0.29, 0.717) is 5.92 Å². The van der Waals surface area contributed by atoms with Crippen molar-refractivity contribution in [2.75, 3.05) is 0 Å². The molecule has 0 unspecified atom stereocenters. The van der Waals surface area contributed by atoms with E-state index in [9.17, 15) is 0 Å². The smallest absolute Gasteiger partial charge is 0.0732 e. The molecule has 0 bridgehead atoms. The average molecular weight is 186 g/mol. The monoisotopic (exact) mass is 186 g/mol. The fourth-order valence-corrected chi connectivity index (χ4v) is 1.60. The predicted molar refractivity (Wildman–Crippen MR) is 58.1 cm³/mol. The lowest BCUT2D eigenvalue weighted by atomic mass is 10.0. The van der Waals surface area contributed by atoms with E-state index < -0.39 is 0 Å². The Morgan fingerprint density at radius 1 is 1.29 bits per heavy atom. The van der Waals surface area contributed by atoms with Gasteiger partial charge >= 0.3 is 0 Å². The number of hydrogen-bond acceptors (Lipinski definition) is 2. The summed E-state index contributed by atoms with van der Waals surface area (Å²) in [5, 5.41) is 1.13. The summed E-state index contributed by atoms with van der Waals surface area (Å²) in [6, 6.07) is 4.11. The van der Waals surface area contributed by atoms with Crippen LogP contribution in [0.1, 0.15) is 19.4 Å². The van der Waals surface area contributed by atoms with Crippen LogP contribution in [0.25, 0.3) is 10.9 Å². The molecule has 2 nitrogen and oxygen atoms in total. The van der Waals surface area contributed by atoms with E-state index in [1.165, 1.54) is 5.56 Å². The van der Waals surface area contributed by atoms with E-state index in [1.807, 2.05) is 18.5 Å². The van der Waals surface area contributed by atoms with Gasteiger partial charge in [-0.15, -0.1) is 0 Å². The minimum absolute atomic E-state index is 0.672. The maximum absolute atomic E-state index is 4.39. The van der Waals surface area contributed by atoms with Crippen molar-refractivity contribution in [1.82, 2.24) is 9.97 Å². The quantitative estimate of drug-likeness (QED) is 0.720. The van der Waals surface area contributed by atoms with Crippen molar-refractivity contribution in [2.24, 2.45) is 5.92 Å². The molecule has 0 fully saturated rings. The Labute approximate surface area is 84.0 Å². The summed E-state index contributed by atoms with van der Waals surface area (Å²) < 4.78 is 0. The van der Waals surface area contributed by atoms with E-state index in [2.05, 4.69) is 29.9 Å². The van der Waals surface area contributed by atoms with Crippen LogP contribution in [0.3, 0.4) is 0 Å². The van der Waals surface area contributed by atoms with Gasteiger partial charge in [-0.1, -0.05) is 13.8 Å². The van der Waals surface area contributed by atoms with Crippen LogP contribution in [-0.4, -0.2) is 9.97 Å². The van der Waals surface area contributed by atoms with E-state index in [-0.39, 0.29) is 0 Å². The molecule has 0 amide bonds. The van der Waals surface area contributed by atoms with Crippen molar-refractivity contribution in [1.29, 1.82) is 0 Å². The third-order valence-electron chi connectivity index (χ3n) is 2.18. The molecule has 2 rings (SSSR count). The van der Waals surface area contributed by atoms with Gasteiger partial charge in [-0.05, 0) is 30.0 Å². The molecular weight excluding hydrogens is 172 g/mol. The average Bonchev–Trinajstić information content (AvgIpc) is 2.17. The summed E-state index contributed by atoms with van der Waals surface area (Å²) >= 11 is 0. The second-order valence-corrected chi connectivity index (χ2v) is 4.01. The Hall–Kier alpha value is -1.44. The fraction of sp³-hybridized carbons (Fsp3) is 0.333.